The molecule has 42 heavy (non-hydrogen) atoms. The van der Waals surface area contributed by atoms with Crippen LogP contribution in [0.1, 0.15) is 106 Å². The van der Waals surface area contributed by atoms with Gasteiger partial charge in [0.15, 0.2) is 5.78 Å². The first-order valence-electron chi connectivity index (χ1n) is 15.4. The number of hydrogen-bond acceptors (Lipinski definition) is 2. The second-order valence-corrected chi connectivity index (χ2v) is 13.4. The van der Waals surface area contributed by atoms with Gasteiger partial charge in [0.2, 0.25) is 0 Å². The number of carbonyl (C=O) groups excluding carboxylic acids is 1. The molecular weight excluding hydrogens is 510 g/mol. The van der Waals surface area contributed by atoms with Gasteiger partial charge in [-0.3, -0.25) is 9.78 Å². The molecule has 0 amide bonds. The third-order valence-corrected chi connectivity index (χ3v) is 8.64. The fourth-order valence-electron chi connectivity index (χ4n) is 5.90. The van der Waals surface area contributed by atoms with Gasteiger partial charge >= 0.3 is 0 Å². The highest BCUT2D eigenvalue weighted by atomic mass is 16.1. The topological polar surface area (TPSA) is 30.0 Å². The lowest BCUT2D eigenvalue weighted by atomic mass is 9.72. The average Bonchev–Trinajstić information content (AvgIpc) is 2.90. The van der Waals surface area contributed by atoms with E-state index in [0.29, 0.717) is 6.42 Å². The van der Waals surface area contributed by atoms with Crippen molar-refractivity contribution < 1.29 is 4.79 Å². The Morgan fingerprint density at radius 1 is 0.786 bits per heavy atom. The molecule has 2 nitrogen and oxygen atoms in total. The van der Waals surface area contributed by atoms with Crippen LogP contribution in [-0.4, -0.2) is 10.8 Å². The smallest absolute Gasteiger partial charge is 0.158 e. The van der Waals surface area contributed by atoms with Crippen LogP contribution in [0.15, 0.2) is 112 Å². The van der Waals surface area contributed by atoms with Crippen LogP contribution < -0.4 is 0 Å². The Hall–Kier alpha value is -3.52. The summed E-state index contributed by atoms with van der Waals surface area (Å²) in [4.78, 5) is 16.7. The zero-order chi connectivity index (χ0) is 30.9. The van der Waals surface area contributed by atoms with Crippen LogP contribution >= 0.6 is 0 Å². The lowest BCUT2D eigenvalue weighted by Crippen LogP contribution is -2.24. The third kappa shape index (κ3) is 9.51. The lowest BCUT2D eigenvalue weighted by Gasteiger charge is -2.32. The van der Waals surface area contributed by atoms with E-state index in [4.69, 9.17) is 0 Å². The maximum Gasteiger partial charge on any atom is 0.158 e. The first kappa shape index (κ1) is 33.0. The maximum atomic E-state index is 12.2. The van der Waals surface area contributed by atoms with E-state index in [9.17, 15) is 4.79 Å². The summed E-state index contributed by atoms with van der Waals surface area (Å²) in [5, 5.41) is 0. The number of Topliss-reactive ketones (excluding diaryl/α,β-unsaturated/α-hetero) is 1. The largest absolute Gasteiger partial charge is 0.295 e. The van der Waals surface area contributed by atoms with E-state index in [2.05, 4.69) is 133 Å². The SMILES string of the molecule is CC1=C(/C=C/C(C)=C/C=C/C(C)=C/c2cc(/C=C/C=C(C)/C=C/C3=C(C)C(=O)CCC3(C)C)ccn2)C(C)(C)CCC1. The van der Waals surface area contributed by atoms with Crippen LogP contribution in [0.5, 0.6) is 0 Å². The number of hydrogen-bond donors (Lipinski definition) is 0. The second kappa shape index (κ2) is 14.6. The van der Waals surface area contributed by atoms with Gasteiger partial charge in [-0.1, -0.05) is 105 Å². The monoisotopic (exact) mass is 561 g/mol. The zero-order valence-electron chi connectivity index (χ0n) is 27.5. The molecule has 2 aliphatic carbocycles. The minimum atomic E-state index is 0.0360. The standard InChI is InChI=1S/C40H51NO/c1-29(18-20-36-32(4)16-12-24-39(36,6)7)13-10-15-31(3)27-35-28-34(23-26-41-35)17-11-14-30(2)19-21-37-33(5)38(42)22-25-40(37,8)9/h10-11,13-15,17-21,23,26-28H,12,16,22,24-25H2,1-9H3/b15-10+,17-11+,20-18+,21-19+,29-13+,30-14+,31-27+. The van der Waals surface area contributed by atoms with Crippen LogP contribution in [0, 0.1) is 10.8 Å². The molecule has 222 valence electrons. The van der Waals surface area contributed by atoms with Crippen molar-refractivity contribution >= 4 is 17.9 Å². The molecule has 1 aromatic heterocycles. The molecule has 2 aliphatic rings. The summed E-state index contributed by atoms with van der Waals surface area (Å²) in [5.41, 5.74) is 11.0. The molecule has 0 bridgehead atoms. The van der Waals surface area contributed by atoms with Gasteiger partial charge in [0, 0.05) is 12.6 Å². The molecule has 0 aliphatic heterocycles. The quantitative estimate of drug-likeness (QED) is 0.281. The van der Waals surface area contributed by atoms with Crippen molar-refractivity contribution in [3.05, 3.63) is 123 Å². The summed E-state index contributed by atoms with van der Waals surface area (Å²) in [6.45, 7) is 19.8. The van der Waals surface area contributed by atoms with Gasteiger partial charge < -0.3 is 0 Å². The molecule has 0 fully saturated rings. The molecule has 0 atom stereocenters. The second-order valence-electron chi connectivity index (χ2n) is 13.4. The Kier molecular flexibility index (Phi) is 11.5. The van der Waals surface area contributed by atoms with Crippen molar-refractivity contribution in [2.24, 2.45) is 10.8 Å². The van der Waals surface area contributed by atoms with Gasteiger partial charge in [0.05, 0.1) is 5.69 Å². The molecule has 0 radical (unpaired) electrons. The number of ketones is 1. The molecule has 1 aromatic rings. The molecule has 0 saturated heterocycles. The van der Waals surface area contributed by atoms with Crippen molar-refractivity contribution in [1.82, 2.24) is 4.98 Å². The molecule has 2 heteroatoms. The van der Waals surface area contributed by atoms with Gasteiger partial charge in [-0.15, -0.1) is 0 Å². The highest BCUT2D eigenvalue weighted by Crippen LogP contribution is 2.41. The third-order valence-electron chi connectivity index (χ3n) is 8.64. The average molecular weight is 562 g/mol. The summed E-state index contributed by atoms with van der Waals surface area (Å²) < 4.78 is 0. The van der Waals surface area contributed by atoms with E-state index in [0.717, 1.165) is 40.0 Å². The van der Waals surface area contributed by atoms with Gasteiger partial charge in [0.1, 0.15) is 0 Å². The molecule has 0 aromatic carbocycles. The zero-order valence-corrected chi connectivity index (χ0v) is 27.5. The Morgan fingerprint density at radius 3 is 2.12 bits per heavy atom. The molecule has 0 saturated carbocycles. The number of rotatable bonds is 9. The van der Waals surface area contributed by atoms with E-state index < -0.39 is 0 Å². The number of allylic oxidation sites excluding steroid dienone is 16. The summed E-state index contributed by atoms with van der Waals surface area (Å²) in [6.07, 6.45) is 30.8. The highest BCUT2D eigenvalue weighted by molar-refractivity contribution is 5.97. The summed E-state index contributed by atoms with van der Waals surface area (Å²) in [5.74, 6) is 0.273. The van der Waals surface area contributed by atoms with E-state index >= 15 is 0 Å². The first-order valence-corrected chi connectivity index (χ1v) is 15.4. The number of aromatic nitrogens is 1. The van der Waals surface area contributed by atoms with Gasteiger partial charge in [-0.05, 0) is 117 Å². The van der Waals surface area contributed by atoms with E-state index in [1.54, 1.807) is 0 Å². The van der Waals surface area contributed by atoms with Crippen LogP contribution in [0.2, 0.25) is 0 Å². The van der Waals surface area contributed by atoms with Crippen molar-refractivity contribution in [2.45, 2.75) is 94.4 Å². The predicted octanol–water partition coefficient (Wildman–Crippen LogP) is 11.3. The Bertz CT molecular complexity index is 1440. The molecule has 3 rings (SSSR count). The summed E-state index contributed by atoms with van der Waals surface area (Å²) in [6, 6.07) is 4.12. The van der Waals surface area contributed by atoms with Gasteiger partial charge in [0.25, 0.3) is 0 Å². The minimum absolute atomic E-state index is 0.0360. The van der Waals surface area contributed by atoms with Crippen LogP contribution in [0.4, 0.5) is 0 Å². The van der Waals surface area contributed by atoms with Crippen molar-refractivity contribution in [1.29, 1.82) is 0 Å². The van der Waals surface area contributed by atoms with E-state index in [-0.39, 0.29) is 16.6 Å². The van der Waals surface area contributed by atoms with Crippen molar-refractivity contribution in [3.8, 4) is 0 Å². The predicted molar refractivity (Wildman–Crippen MR) is 183 cm³/mol. The number of carbonyl (C=O) groups is 1. The Balaban J connectivity index is 1.63. The van der Waals surface area contributed by atoms with E-state index in [1.807, 2.05) is 19.2 Å². The number of pyridine rings is 1. The fraction of sp³-hybridized carbons (Fsp3) is 0.400. The molecule has 0 N–H and O–H groups in total. The van der Waals surface area contributed by atoms with Crippen molar-refractivity contribution in [3.63, 3.8) is 0 Å². The van der Waals surface area contributed by atoms with Crippen LogP contribution in [0.25, 0.3) is 12.2 Å². The number of nitrogens with zero attached hydrogens (tertiary/aromatic N) is 1. The summed E-state index contributed by atoms with van der Waals surface area (Å²) >= 11 is 0. The highest BCUT2D eigenvalue weighted by Gasteiger charge is 2.30. The minimum Gasteiger partial charge on any atom is -0.295 e. The molecule has 0 spiro atoms. The molecule has 0 unspecified atom stereocenters. The van der Waals surface area contributed by atoms with Crippen LogP contribution in [-0.2, 0) is 4.79 Å². The normalized spacial score (nSPS) is 20.8. The Morgan fingerprint density at radius 2 is 1.43 bits per heavy atom. The first-order chi connectivity index (χ1) is 19.8. The van der Waals surface area contributed by atoms with E-state index in [1.165, 1.54) is 36.0 Å². The molecule has 1 heterocycles. The summed E-state index contributed by atoms with van der Waals surface area (Å²) in [7, 11) is 0. The van der Waals surface area contributed by atoms with Gasteiger partial charge in [-0.25, -0.2) is 0 Å². The Labute approximate surface area is 255 Å². The molecular formula is C40H51NO. The van der Waals surface area contributed by atoms with Crippen LogP contribution in [0.3, 0.4) is 0 Å². The van der Waals surface area contributed by atoms with Gasteiger partial charge in [-0.2, -0.15) is 0 Å². The van der Waals surface area contributed by atoms with Crippen molar-refractivity contribution in [2.75, 3.05) is 0 Å². The lowest BCUT2D eigenvalue weighted by molar-refractivity contribution is -0.116. The fourth-order valence-corrected chi connectivity index (χ4v) is 5.90. The maximum absolute atomic E-state index is 12.2.